The molecule has 0 amide bonds. The summed E-state index contributed by atoms with van der Waals surface area (Å²) in [5, 5.41) is 1.22. The lowest BCUT2D eigenvalue weighted by Crippen LogP contribution is -2.13. The highest BCUT2D eigenvalue weighted by molar-refractivity contribution is 5.83. The Morgan fingerprint density at radius 2 is 2.20 bits per heavy atom. The molecule has 2 aromatic rings. The summed E-state index contributed by atoms with van der Waals surface area (Å²) in [5.74, 6) is 0. The average molecular weight is 204 g/mol. The number of nitrogens with zero attached hydrogens (tertiary/aromatic N) is 1. The lowest BCUT2D eigenvalue weighted by Gasteiger charge is -2.11. The predicted molar refractivity (Wildman–Crippen MR) is 62.8 cm³/mol. The molecule has 1 heterocycles. The van der Waals surface area contributed by atoms with Crippen molar-refractivity contribution >= 4 is 16.6 Å². The van der Waals surface area contributed by atoms with Crippen LogP contribution in [0.5, 0.6) is 0 Å². The molecule has 2 rings (SSSR count). The molecule has 80 valence electrons. The number of methoxy groups -OCH3 is 1. The number of hydrogen-bond acceptors (Lipinski definition) is 2. The van der Waals surface area contributed by atoms with Gasteiger partial charge in [0.2, 0.25) is 0 Å². The van der Waals surface area contributed by atoms with Crippen molar-refractivity contribution in [3.63, 3.8) is 0 Å². The third kappa shape index (κ3) is 1.97. The van der Waals surface area contributed by atoms with Gasteiger partial charge in [-0.1, -0.05) is 6.07 Å². The zero-order valence-corrected chi connectivity index (χ0v) is 9.10. The van der Waals surface area contributed by atoms with Crippen molar-refractivity contribution in [3.8, 4) is 0 Å². The van der Waals surface area contributed by atoms with Crippen LogP contribution in [0, 0.1) is 0 Å². The number of benzene rings is 1. The van der Waals surface area contributed by atoms with Crippen LogP contribution in [-0.2, 0) is 11.3 Å². The number of ether oxygens (including phenoxy) is 1. The Morgan fingerprint density at radius 3 is 2.93 bits per heavy atom. The van der Waals surface area contributed by atoms with Crippen LogP contribution in [0.15, 0.2) is 30.5 Å². The first-order valence-corrected chi connectivity index (χ1v) is 5.08. The van der Waals surface area contributed by atoms with E-state index in [1.165, 1.54) is 10.9 Å². The quantitative estimate of drug-likeness (QED) is 0.779. The van der Waals surface area contributed by atoms with Crippen LogP contribution in [0.2, 0.25) is 0 Å². The van der Waals surface area contributed by atoms with Crippen LogP contribution in [0.3, 0.4) is 0 Å². The smallest absolute Gasteiger partial charge is 0.0722 e. The van der Waals surface area contributed by atoms with Crippen molar-refractivity contribution in [3.05, 3.63) is 30.5 Å². The number of fused-ring (bicyclic) bond motifs is 1. The molecule has 2 N–H and O–H groups in total. The molecular formula is C12H16N2O. The first-order valence-electron chi connectivity index (χ1n) is 5.08. The van der Waals surface area contributed by atoms with Gasteiger partial charge in [0.15, 0.2) is 0 Å². The van der Waals surface area contributed by atoms with Crippen molar-refractivity contribution in [2.24, 2.45) is 0 Å². The Balaban J connectivity index is 2.39. The van der Waals surface area contributed by atoms with E-state index in [1.807, 2.05) is 18.2 Å². The molecule has 0 fully saturated rings. The van der Waals surface area contributed by atoms with E-state index < -0.39 is 0 Å². The molecule has 0 aliphatic rings. The topological polar surface area (TPSA) is 40.2 Å². The minimum absolute atomic E-state index is 0.210. The predicted octanol–water partition coefficient (Wildman–Crippen LogP) is 2.26. The van der Waals surface area contributed by atoms with E-state index in [4.69, 9.17) is 10.5 Å². The molecule has 1 unspecified atom stereocenters. The summed E-state index contributed by atoms with van der Waals surface area (Å²) in [6, 6.07) is 8.06. The summed E-state index contributed by atoms with van der Waals surface area (Å²) in [4.78, 5) is 0. The van der Waals surface area contributed by atoms with Crippen molar-refractivity contribution < 1.29 is 4.74 Å². The normalized spacial score (nSPS) is 13.2. The van der Waals surface area contributed by atoms with Gasteiger partial charge in [0.1, 0.15) is 0 Å². The second-order valence-corrected chi connectivity index (χ2v) is 3.83. The lowest BCUT2D eigenvalue weighted by atomic mass is 10.2. The molecule has 1 aromatic heterocycles. The lowest BCUT2D eigenvalue weighted by molar-refractivity contribution is 0.104. The summed E-state index contributed by atoms with van der Waals surface area (Å²) < 4.78 is 7.42. The SMILES string of the molecule is COC(C)Cn1ccc2ccc(N)cc21. The van der Waals surface area contributed by atoms with E-state index in [0.29, 0.717) is 0 Å². The molecule has 15 heavy (non-hydrogen) atoms. The number of anilines is 1. The molecule has 1 atom stereocenters. The van der Waals surface area contributed by atoms with Gasteiger partial charge in [-0.3, -0.25) is 0 Å². The number of nitrogens with two attached hydrogens (primary N) is 1. The molecule has 0 aliphatic carbocycles. The third-order valence-electron chi connectivity index (χ3n) is 2.65. The van der Waals surface area contributed by atoms with Crippen molar-refractivity contribution in [2.45, 2.75) is 19.6 Å². The maximum Gasteiger partial charge on any atom is 0.0722 e. The van der Waals surface area contributed by atoms with Gasteiger partial charge < -0.3 is 15.0 Å². The maximum atomic E-state index is 5.77. The van der Waals surface area contributed by atoms with Gasteiger partial charge in [0.05, 0.1) is 11.6 Å². The first kappa shape index (κ1) is 10.1. The van der Waals surface area contributed by atoms with E-state index in [0.717, 1.165) is 12.2 Å². The molecule has 0 saturated carbocycles. The Labute approximate surface area is 89.4 Å². The van der Waals surface area contributed by atoms with Crippen LogP contribution >= 0.6 is 0 Å². The summed E-state index contributed by atoms with van der Waals surface area (Å²) in [5.41, 5.74) is 7.73. The molecule has 1 aromatic carbocycles. The molecule has 0 saturated heterocycles. The third-order valence-corrected chi connectivity index (χ3v) is 2.65. The number of hydrogen-bond donors (Lipinski definition) is 1. The highest BCUT2D eigenvalue weighted by atomic mass is 16.5. The summed E-state index contributed by atoms with van der Waals surface area (Å²) in [6.07, 6.45) is 2.28. The monoisotopic (exact) mass is 204 g/mol. The van der Waals surface area contributed by atoms with E-state index in [9.17, 15) is 0 Å². The minimum Gasteiger partial charge on any atom is -0.399 e. The molecule has 0 spiro atoms. The van der Waals surface area contributed by atoms with E-state index >= 15 is 0 Å². The van der Waals surface area contributed by atoms with Crippen molar-refractivity contribution in [1.29, 1.82) is 0 Å². The van der Waals surface area contributed by atoms with Gasteiger partial charge in [-0.15, -0.1) is 0 Å². The highest BCUT2D eigenvalue weighted by Gasteiger charge is 2.05. The Bertz CT molecular complexity index is 462. The molecule has 3 nitrogen and oxygen atoms in total. The van der Waals surface area contributed by atoms with Crippen LogP contribution in [-0.4, -0.2) is 17.8 Å². The minimum atomic E-state index is 0.210. The van der Waals surface area contributed by atoms with E-state index in [-0.39, 0.29) is 6.10 Å². The van der Waals surface area contributed by atoms with Gasteiger partial charge >= 0.3 is 0 Å². The Morgan fingerprint density at radius 1 is 1.40 bits per heavy atom. The van der Waals surface area contributed by atoms with Gasteiger partial charge in [-0.25, -0.2) is 0 Å². The molecule has 0 radical (unpaired) electrons. The largest absolute Gasteiger partial charge is 0.399 e. The zero-order chi connectivity index (χ0) is 10.8. The van der Waals surface area contributed by atoms with Crippen LogP contribution < -0.4 is 5.73 Å². The Hall–Kier alpha value is -1.48. The maximum absolute atomic E-state index is 5.77. The highest BCUT2D eigenvalue weighted by Crippen LogP contribution is 2.19. The van der Waals surface area contributed by atoms with Crippen molar-refractivity contribution in [1.82, 2.24) is 4.57 Å². The van der Waals surface area contributed by atoms with Crippen molar-refractivity contribution in [2.75, 3.05) is 12.8 Å². The van der Waals surface area contributed by atoms with Crippen LogP contribution in [0.4, 0.5) is 5.69 Å². The average Bonchev–Trinajstić information content (AvgIpc) is 2.61. The molecular weight excluding hydrogens is 188 g/mol. The second-order valence-electron chi connectivity index (χ2n) is 3.83. The number of nitrogen functional groups attached to an aromatic ring is 1. The van der Waals surface area contributed by atoms with E-state index in [2.05, 4.69) is 23.8 Å². The molecule has 3 heteroatoms. The van der Waals surface area contributed by atoms with E-state index in [1.54, 1.807) is 7.11 Å². The van der Waals surface area contributed by atoms with Gasteiger partial charge in [-0.2, -0.15) is 0 Å². The summed E-state index contributed by atoms with van der Waals surface area (Å²) in [7, 11) is 1.73. The van der Waals surface area contributed by atoms with Crippen LogP contribution in [0.25, 0.3) is 10.9 Å². The fourth-order valence-electron chi connectivity index (χ4n) is 1.71. The summed E-state index contributed by atoms with van der Waals surface area (Å²) >= 11 is 0. The fourth-order valence-corrected chi connectivity index (χ4v) is 1.71. The number of aromatic nitrogens is 1. The van der Waals surface area contributed by atoms with Gasteiger partial charge in [0.25, 0.3) is 0 Å². The van der Waals surface area contributed by atoms with Gasteiger partial charge in [0, 0.05) is 25.5 Å². The molecule has 0 aliphatic heterocycles. The second kappa shape index (κ2) is 3.95. The first-order chi connectivity index (χ1) is 7.20. The standard InChI is InChI=1S/C12H16N2O/c1-9(15-2)8-14-6-5-10-3-4-11(13)7-12(10)14/h3-7,9H,8,13H2,1-2H3. The number of rotatable bonds is 3. The Kier molecular flexibility index (Phi) is 2.64. The molecule has 0 bridgehead atoms. The zero-order valence-electron chi connectivity index (χ0n) is 9.10. The van der Waals surface area contributed by atoms with Gasteiger partial charge in [-0.05, 0) is 30.5 Å². The van der Waals surface area contributed by atoms with Crippen LogP contribution in [0.1, 0.15) is 6.92 Å². The summed E-state index contributed by atoms with van der Waals surface area (Å²) in [6.45, 7) is 2.90. The fraction of sp³-hybridized carbons (Fsp3) is 0.333.